The van der Waals surface area contributed by atoms with E-state index in [1.807, 2.05) is 0 Å². The lowest BCUT2D eigenvalue weighted by molar-refractivity contribution is -0.381. The highest BCUT2D eigenvalue weighted by molar-refractivity contribution is 5.11. The zero-order valence-corrected chi connectivity index (χ0v) is 8.15. The largest absolute Gasteiger partial charge is 0.401 e. The number of alkyl halides is 8. The highest BCUT2D eigenvalue weighted by Gasteiger charge is 2.83. The van der Waals surface area contributed by atoms with Gasteiger partial charge in [0, 0.05) is 0 Å². The lowest BCUT2D eigenvalue weighted by Gasteiger charge is -2.33. The van der Waals surface area contributed by atoms with Crippen molar-refractivity contribution in [3.63, 3.8) is 0 Å². The maximum Gasteiger partial charge on any atom is 0.401 e. The molecule has 0 aromatic carbocycles. The van der Waals surface area contributed by atoms with Crippen LogP contribution in [0.4, 0.5) is 35.1 Å². The average Bonchev–Trinajstić information content (AvgIpc) is 2.62. The Kier molecular flexibility index (Phi) is 2.26. The van der Waals surface area contributed by atoms with Crippen molar-refractivity contribution in [3.8, 4) is 0 Å². The fraction of sp³-hybridized carbons (Fsp3) is 0.714. The lowest BCUT2D eigenvalue weighted by atomic mass is 10.0. The third-order valence-corrected chi connectivity index (χ3v) is 2.53. The van der Waals surface area contributed by atoms with Crippen LogP contribution in [-0.2, 0) is 12.5 Å². The normalized spacial score (nSPS) is 27.3. The first-order valence-corrected chi connectivity index (χ1v) is 4.36. The molecule has 1 aromatic rings. The fourth-order valence-corrected chi connectivity index (χ4v) is 1.49. The molecule has 3 nitrogen and oxygen atoms in total. The van der Waals surface area contributed by atoms with Gasteiger partial charge in [0.2, 0.25) is 0 Å². The molecule has 0 saturated carbocycles. The smallest absolute Gasteiger partial charge is 0.251 e. The lowest BCUT2D eigenvalue weighted by Crippen LogP contribution is -2.61. The zero-order valence-electron chi connectivity index (χ0n) is 8.15. The van der Waals surface area contributed by atoms with Crippen LogP contribution in [0.5, 0.6) is 0 Å². The monoisotopic (exact) mass is 281 g/mol. The van der Waals surface area contributed by atoms with Gasteiger partial charge in [-0.3, -0.25) is 4.57 Å². The van der Waals surface area contributed by atoms with Gasteiger partial charge in [0.1, 0.15) is 12.2 Å². The van der Waals surface area contributed by atoms with Gasteiger partial charge in [-0.05, 0) is 0 Å². The summed E-state index contributed by atoms with van der Waals surface area (Å²) in [5, 5.41) is 5.47. The van der Waals surface area contributed by atoms with Crippen molar-refractivity contribution in [3.05, 3.63) is 12.2 Å². The van der Waals surface area contributed by atoms with Crippen molar-refractivity contribution in [2.24, 2.45) is 0 Å². The van der Waals surface area contributed by atoms with Gasteiger partial charge in [0.05, 0.1) is 6.42 Å². The van der Waals surface area contributed by atoms with Crippen molar-refractivity contribution >= 4 is 0 Å². The molecule has 2 heterocycles. The van der Waals surface area contributed by atoms with Crippen LogP contribution in [0.15, 0.2) is 6.33 Å². The molecule has 0 saturated heterocycles. The highest BCUT2D eigenvalue weighted by Crippen LogP contribution is 2.57. The first kappa shape index (κ1) is 13.0. The van der Waals surface area contributed by atoms with Crippen molar-refractivity contribution in [2.45, 2.75) is 30.2 Å². The van der Waals surface area contributed by atoms with Gasteiger partial charge in [0.25, 0.3) is 0 Å². The minimum atomic E-state index is -6.28. The zero-order chi connectivity index (χ0) is 14.0. The van der Waals surface area contributed by atoms with E-state index in [4.69, 9.17) is 0 Å². The van der Waals surface area contributed by atoms with E-state index in [-0.39, 0.29) is 6.33 Å². The maximum absolute atomic E-state index is 13.2. The summed E-state index contributed by atoms with van der Waals surface area (Å²) in [6, 6.07) is -5.56. The fourth-order valence-electron chi connectivity index (χ4n) is 1.49. The van der Waals surface area contributed by atoms with Crippen LogP contribution in [0.25, 0.3) is 0 Å². The van der Waals surface area contributed by atoms with Crippen LogP contribution in [0.2, 0.25) is 0 Å². The molecule has 0 aliphatic carbocycles. The van der Waals surface area contributed by atoms with Crippen LogP contribution < -0.4 is 0 Å². The van der Waals surface area contributed by atoms with Gasteiger partial charge in [-0.25, -0.2) is 0 Å². The summed E-state index contributed by atoms with van der Waals surface area (Å²) in [6.45, 7) is 0. The first-order chi connectivity index (χ1) is 7.95. The van der Waals surface area contributed by atoms with E-state index in [1.165, 1.54) is 0 Å². The molecular formula is C7H3F8N3. The quantitative estimate of drug-likeness (QED) is 0.683. The molecule has 1 aliphatic heterocycles. The summed E-state index contributed by atoms with van der Waals surface area (Å²) < 4.78 is 104. The molecule has 0 amide bonds. The second-order valence-corrected chi connectivity index (χ2v) is 3.69. The number of nitrogens with zero attached hydrogens (tertiary/aromatic N) is 3. The molecule has 0 bridgehead atoms. The summed E-state index contributed by atoms with van der Waals surface area (Å²) in [5.41, 5.74) is 0. The predicted octanol–water partition coefficient (Wildman–Crippen LogP) is 2.29. The standard InChI is InChI=1S/C7H3F8N3/c8-4(9)1-3-17-16-2-18(3)7(14,15)6(12,13)5(4,10)11/h2H,1H2. The Balaban J connectivity index is 2.74. The number of hydrogen-bond acceptors (Lipinski definition) is 2. The van der Waals surface area contributed by atoms with Gasteiger partial charge >= 0.3 is 23.8 Å². The van der Waals surface area contributed by atoms with E-state index >= 15 is 0 Å². The molecule has 1 aliphatic rings. The van der Waals surface area contributed by atoms with Crippen LogP contribution >= 0.6 is 0 Å². The summed E-state index contributed by atoms with van der Waals surface area (Å²) in [6.07, 6.45) is -2.06. The van der Waals surface area contributed by atoms with Gasteiger partial charge in [-0.15, -0.1) is 10.2 Å². The average molecular weight is 281 g/mol. The number of aromatic nitrogens is 3. The molecule has 102 valence electrons. The molecule has 0 N–H and O–H groups in total. The van der Waals surface area contributed by atoms with Crippen molar-refractivity contribution in [2.75, 3.05) is 0 Å². The summed E-state index contributed by atoms with van der Waals surface area (Å²) in [4.78, 5) is 0. The number of hydrogen-bond donors (Lipinski definition) is 0. The van der Waals surface area contributed by atoms with Gasteiger partial charge in [-0.2, -0.15) is 35.1 Å². The van der Waals surface area contributed by atoms with Crippen LogP contribution in [0.3, 0.4) is 0 Å². The predicted molar refractivity (Wildman–Crippen MR) is 38.8 cm³/mol. The van der Waals surface area contributed by atoms with Gasteiger partial charge in [-0.1, -0.05) is 0 Å². The second kappa shape index (κ2) is 3.12. The summed E-state index contributed by atoms with van der Waals surface area (Å²) in [7, 11) is 0. The maximum atomic E-state index is 13.2. The Morgan fingerprint density at radius 3 is 2.06 bits per heavy atom. The molecule has 1 aromatic heterocycles. The van der Waals surface area contributed by atoms with Crippen LogP contribution in [0, 0.1) is 0 Å². The highest BCUT2D eigenvalue weighted by atomic mass is 19.4. The Labute approximate surface area is 93.4 Å². The van der Waals surface area contributed by atoms with Gasteiger partial charge in [0.15, 0.2) is 0 Å². The first-order valence-electron chi connectivity index (χ1n) is 4.36. The minimum absolute atomic E-state index is 0.000718. The van der Waals surface area contributed by atoms with Crippen LogP contribution in [-0.4, -0.2) is 32.5 Å². The van der Waals surface area contributed by atoms with Crippen LogP contribution in [0.1, 0.15) is 5.82 Å². The number of rotatable bonds is 0. The summed E-state index contributed by atoms with van der Waals surface area (Å²) >= 11 is 0. The SMILES string of the molecule is FC1(F)Cc2nncn2C(F)(F)C(F)(F)C1(F)F. The molecule has 18 heavy (non-hydrogen) atoms. The minimum Gasteiger partial charge on any atom is -0.251 e. The Bertz CT molecular complexity index is 479. The summed E-state index contributed by atoms with van der Waals surface area (Å²) in [5.74, 6) is -19.2. The van der Waals surface area contributed by atoms with E-state index < -0.39 is 40.6 Å². The van der Waals surface area contributed by atoms with E-state index in [9.17, 15) is 35.1 Å². The Morgan fingerprint density at radius 1 is 0.944 bits per heavy atom. The van der Waals surface area contributed by atoms with Crippen molar-refractivity contribution < 1.29 is 35.1 Å². The topological polar surface area (TPSA) is 30.7 Å². The molecule has 11 heteroatoms. The van der Waals surface area contributed by atoms with Crippen molar-refractivity contribution in [1.82, 2.24) is 14.8 Å². The molecule has 0 atom stereocenters. The van der Waals surface area contributed by atoms with E-state index in [2.05, 4.69) is 10.2 Å². The Hall–Kier alpha value is -1.42. The number of fused-ring (bicyclic) bond motifs is 1. The third-order valence-electron chi connectivity index (χ3n) is 2.53. The van der Waals surface area contributed by atoms with E-state index in [1.54, 1.807) is 0 Å². The van der Waals surface area contributed by atoms with E-state index in [0.717, 1.165) is 0 Å². The molecule has 2 rings (SSSR count). The number of halogens is 8. The van der Waals surface area contributed by atoms with Gasteiger partial charge < -0.3 is 0 Å². The Morgan fingerprint density at radius 2 is 1.50 bits per heavy atom. The molecular weight excluding hydrogens is 278 g/mol. The molecule has 0 fully saturated rings. The molecule has 0 radical (unpaired) electrons. The second-order valence-electron chi connectivity index (χ2n) is 3.69. The van der Waals surface area contributed by atoms with Crippen molar-refractivity contribution in [1.29, 1.82) is 0 Å². The molecule has 0 spiro atoms. The third kappa shape index (κ3) is 1.24. The molecule has 0 unspecified atom stereocenters. The van der Waals surface area contributed by atoms with E-state index in [0.29, 0.717) is 0 Å².